The van der Waals surface area contributed by atoms with Gasteiger partial charge in [-0.1, -0.05) is 30.7 Å². The molecule has 1 aromatic rings. The van der Waals surface area contributed by atoms with Crippen LogP contribution in [0, 0.1) is 5.82 Å². The Morgan fingerprint density at radius 3 is 2.50 bits per heavy atom. The van der Waals surface area contributed by atoms with Gasteiger partial charge in [-0.3, -0.25) is 0 Å². The summed E-state index contributed by atoms with van der Waals surface area (Å²) in [7, 11) is 1.96. The summed E-state index contributed by atoms with van der Waals surface area (Å²) in [4.78, 5) is 0. The minimum absolute atomic E-state index is 0.147. The van der Waals surface area contributed by atoms with Gasteiger partial charge in [0.15, 0.2) is 0 Å². The summed E-state index contributed by atoms with van der Waals surface area (Å²) in [5.74, 6) is -0.184. The van der Waals surface area contributed by atoms with Crippen molar-refractivity contribution in [1.82, 2.24) is 5.32 Å². The summed E-state index contributed by atoms with van der Waals surface area (Å²) in [6.07, 6.45) is 4.51. The van der Waals surface area contributed by atoms with Gasteiger partial charge in [-0.2, -0.15) is 0 Å². The second-order valence-electron chi connectivity index (χ2n) is 4.47. The molecule has 1 unspecified atom stereocenters. The number of hydrogen-bond donors (Lipinski definition) is 1. The molecule has 2 rings (SSSR count). The predicted octanol–water partition coefficient (Wildman–Crippen LogP) is 3.37. The number of benzene rings is 1. The topological polar surface area (TPSA) is 12.0 Å². The van der Waals surface area contributed by atoms with Crippen LogP contribution in [0.3, 0.4) is 0 Å². The smallest absolute Gasteiger partial charge is 0.123 e. The van der Waals surface area contributed by atoms with Crippen LogP contribution in [0.25, 0.3) is 0 Å². The Kier molecular flexibility index (Phi) is 3.10. The molecule has 1 aromatic carbocycles. The molecule has 0 saturated heterocycles. The van der Waals surface area contributed by atoms with Crippen molar-refractivity contribution in [3.8, 4) is 0 Å². The van der Waals surface area contributed by atoms with Crippen molar-refractivity contribution in [2.24, 2.45) is 0 Å². The molecule has 0 radical (unpaired) electrons. The molecule has 86 valence electrons. The number of hydrogen-bond acceptors (Lipinski definition) is 1. The molecule has 1 aliphatic rings. The lowest BCUT2D eigenvalue weighted by atomic mass is 9.73. The Morgan fingerprint density at radius 1 is 1.25 bits per heavy atom. The summed E-state index contributed by atoms with van der Waals surface area (Å²) in [6.45, 7) is 4.18. The lowest BCUT2D eigenvalue weighted by Gasteiger charge is -2.39. The van der Waals surface area contributed by atoms with Gasteiger partial charge in [-0.15, -0.1) is 0 Å². The first-order valence-corrected chi connectivity index (χ1v) is 5.82. The second-order valence-corrected chi connectivity index (χ2v) is 4.47. The van der Waals surface area contributed by atoms with Crippen molar-refractivity contribution in [3.63, 3.8) is 0 Å². The van der Waals surface area contributed by atoms with Gasteiger partial charge in [0, 0.05) is 0 Å². The Hall–Kier alpha value is -1.15. The van der Waals surface area contributed by atoms with Gasteiger partial charge in [0.1, 0.15) is 5.82 Å². The maximum atomic E-state index is 12.9. The third-order valence-electron chi connectivity index (χ3n) is 3.65. The van der Waals surface area contributed by atoms with E-state index in [-0.39, 0.29) is 11.4 Å². The van der Waals surface area contributed by atoms with Crippen LogP contribution in [-0.2, 0) is 5.54 Å². The summed E-state index contributed by atoms with van der Waals surface area (Å²) < 4.78 is 12.9. The summed E-state index contributed by atoms with van der Waals surface area (Å²) in [6, 6.07) is 6.78. The van der Waals surface area contributed by atoms with Gasteiger partial charge in [0.2, 0.25) is 0 Å². The van der Waals surface area contributed by atoms with E-state index >= 15 is 0 Å². The molecule has 16 heavy (non-hydrogen) atoms. The third-order valence-corrected chi connectivity index (χ3v) is 3.65. The molecule has 1 atom stereocenters. The Balaban J connectivity index is 2.40. The quantitative estimate of drug-likeness (QED) is 0.752. The van der Waals surface area contributed by atoms with Crippen molar-refractivity contribution in [2.75, 3.05) is 7.05 Å². The molecule has 1 aliphatic carbocycles. The number of rotatable bonds is 2. The van der Waals surface area contributed by atoms with Crippen LogP contribution in [0.1, 0.15) is 31.2 Å². The average Bonchev–Trinajstić information content (AvgIpc) is 2.31. The molecule has 1 fully saturated rings. The first-order valence-electron chi connectivity index (χ1n) is 5.82. The van der Waals surface area contributed by atoms with Gasteiger partial charge < -0.3 is 5.32 Å². The molecule has 1 nitrogen and oxygen atoms in total. The van der Waals surface area contributed by atoms with Crippen LogP contribution in [0.15, 0.2) is 36.4 Å². The highest BCUT2D eigenvalue weighted by Gasteiger charge is 2.35. The van der Waals surface area contributed by atoms with Crippen molar-refractivity contribution in [2.45, 2.75) is 31.2 Å². The molecule has 0 bridgehead atoms. The largest absolute Gasteiger partial charge is 0.307 e. The lowest BCUT2D eigenvalue weighted by Crippen LogP contribution is -2.43. The average molecular weight is 219 g/mol. The Labute approximate surface area is 96.4 Å². The molecule has 2 heteroatoms. The van der Waals surface area contributed by atoms with Crippen LogP contribution < -0.4 is 5.32 Å². The number of halogens is 1. The van der Waals surface area contributed by atoms with Crippen LogP contribution in [0.5, 0.6) is 0 Å². The molecular formula is C14H18FN. The zero-order valence-corrected chi connectivity index (χ0v) is 9.72. The summed E-state index contributed by atoms with van der Waals surface area (Å²) >= 11 is 0. The van der Waals surface area contributed by atoms with Gasteiger partial charge >= 0.3 is 0 Å². The van der Waals surface area contributed by atoms with E-state index in [1.807, 2.05) is 19.2 Å². The van der Waals surface area contributed by atoms with E-state index in [9.17, 15) is 4.39 Å². The third kappa shape index (κ3) is 1.78. The minimum atomic E-state index is -0.184. The highest BCUT2D eigenvalue weighted by molar-refractivity contribution is 5.35. The van der Waals surface area contributed by atoms with Crippen LogP contribution in [0.4, 0.5) is 4.39 Å². The Morgan fingerprint density at radius 2 is 1.94 bits per heavy atom. The van der Waals surface area contributed by atoms with Crippen LogP contribution in [0.2, 0.25) is 0 Å². The fourth-order valence-corrected chi connectivity index (χ4v) is 2.65. The van der Waals surface area contributed by atoms with E-state index in [1.165, 1.54) is 30.5 Å². The van der Waals surface area contributed by atoms with Crippen molar-refractivity contribution in [1.29, 1.82) is 0 Å². The first kappa shape index (κ1) is 11.3. The Bertz CT molecular complexity index is 382. The van der Waals surface area contributed by atoms with Crippen molar-refractivity contribution < 1.29 is 4.39 Å². The molecule has 0 amide bonds. The van der Waals surface area contributed by atoms with E-state index in [4.69, 9.17) is 0 Å². The fourth-order valence-electron chi connectivity index (χ4n) is 2.65. The number of likely N-dealkylation sites (N-methyl/N-ethyl adjacent to an activating group) is 1. The minimum Gasteiger partial charge on any atom is -0.307 e. The van der Waals surface area contributed by atoms with E-state index in [2.05, 4.69) is 11.9 Å². The van der Waals surface area contributed by atoms with Crippen molar-refractivity contribution in [3.05, 3.63) is 47.8 Å². The standard InChI is InChI=1S/C14H18FN/c1-11-5-3-4-10-14(11,16-2)12-6-8-13(15)9-7-12/h6-9,16H,1,3-5,10H2,2H3. The zero-order valence-electron chi connectivity index (χ0n) is 9.72. The predicted molar refractivity (Wildman–Crippen MR) is 64.7 cm³/mol. The maximum absolute atomic E-state index is 12.9. The fraction of sp³-hybridized carbons (Fsp3) is 0.429. The lowest BCUT2D eigenvalue weighted by molar-refractivity contribution is 0.334. The molecule has 1 saturated carbocycles. The second kappa shape index (κ2) is 4.38. The molecule has 0 aliphatic heterocycles. The van der Waals surface area contributed by atoms with Gasteiger partial charge in [0.25, 0.3) is 0 Å². The summed E-state index contributed by atoms with van der Waals surface area (Å²) in [5, 5.41) is 3.38. The molecule has 0 heterocycles. The molecule has 0 spiro atoms. The van der Waals surface area contributed by atoms with E-state index in [0.717, 1.165) is 18.4 Å². The normalized spacial score (nSPS) is 25.8. The van der Waals surface area contributed by atoms with Crippen molar-refractivity contribution >= 4 is 0 Å². The highest BCUT2D eigenvalue weighted by Crippen LogP contribution is 2.40. The zero-order chi connectivity index (χ0) is 11.6. The molecule has 1 N–H and O–H groups in total. The van der Waals surface area contributed by atoms with E-state index < -0.39 is 0 Å². The highest BCUT2D eigenvalue weighted by atomic mass is 19.1. The van der Waals surface area contributed by atoms with Crippen LogP contribution in [-0.4, -0.2) is 7.05 Å². The molecular weight excluding hydrogens is 201 g/mol. The maximum Gasteiger partial charge on any atom is 0.123 e. The summed E-state index contributed by atoms with van der Waals surface area (Å²) in [5.41, 5.74) is 2.19. The monoisotopic (exact) mass is 219 g/mol. The molecule has 0 aromatic heterocycles. The van der Waals surface area contributed by atoms with Gasteiger partial charge in [0.05, 0.1) is 5.54 Å². The van der Waals surface area contributed by atoms with E-state index in [0.29, 0.717) is 0 Å². The van der Waals surface area contributed by atoms with Gasteiger partial charge in [-0.05, 0) is 44.0 Å². The van der Waals surface area contributed by atoms with Gasteiger partial charge in [-0.25, -0.2) is 4.39 Å². The SMILES string of the molecule is C=C1CCCCC1(NC)c1ccc(F)cc1. The van der Waals surface area contributed by atoms with E-state index in [1.54, 1.807) is 0 Å². The first-order chi connectivity index (χ1) is 7.69. The number of nitrogens with one attached hydrogen (secondary N) is 1. The van der Waals surface area contributed by atoms with Crippen LogP contribution >= 0.6 is 0 Å².